The van der Waals surface area contributed by atoms with E-state index >= 15 is 0 Å². The number of nitrogens with two attached hydrogens (primary N) is 1. The fraction of sp³-hybridized carbons (Fsp3) is 0.381. The lowest BCUT2D eigenvalue weighted by atomic mass is 9.85. The van der Waals surface area contributed by atoms with Gasteiger partial charge >= 0.3 is 0 Å². The minimum atomic E-state index is 0.0104. The molecule has 2 aromatic rings. The van der Waals surface area contributed by atoms with E-state index in [1.807, 2.05) is 6.07 Å². The van der Waals surface area contributed by atoms with Crippen LogP contribution in [0.1, 0.15) is 44.4 Å². The van der Waals surface area contributed by atoms with Gasteiger partial charge in [0.25, 0.3) is 0 Å². The van der Waals surface area contributed by atoms with Crippen molar-refractivity contribution in [2.75, 3.05) is 13.2 Å². The third kappa shape index (κ3) is 5.36. The van der Waals surface area contributed by atoms with Crippen LogP contribution in [0.25, 0.3) is 0 Å². The van der Waals surface area contributed by atoms with Crippen molar-refractivity contribution in [3.8, 4) is 11.5 Å². The van der Waals surface area contributed by atoms with Crippen LogP contribution >= 0.6 is 23.8 Å². The highest BCUT2D eigenvalue weighted by atomic mass is 35.5. The molecule has 0 aliphatic rings. The average Bonchev–Trinajstić information content (AvgIpc) is 2.58. The zero-order valence-electron chi connectivity index (χ0n) is 15.8. The Morgan fingerprint density at radius 3 is 2.23 bits per heavy atom. The van der Waals surface area contributed by atoms with Gasteiger partial charge in [-0.1, -0.05) is 63.6 Å². The van der Waals surface area contributed by atoms with Crippen molar-refractivity contribution in [2.24, 2.45) is 5.73 Å². The van der Waals surface area contributed by atoms with Crippen LogP contribution in [0.2, 0.25) is 5.02 Å². The molecule has 0 bridgehead atoms. The molecule has 0 spiro atoms. The molecule has 0 unspecified atom stereocenters. The van der Waals surface area contributed by atoms with Gasteiger partial charge in [0.15, 0.2) is 0 Å². The summed E-state index contributed by atoms with van der Waals surface area (Å²) in [6, 6.07) is 11.6. The second-order valence-electron chi connectivity index (χ2n) is 7.14. The van der Waals surface area contributed by atoms with E-state index in [4.69, 9.17) is 39.0 Å². The molecule has 2 N–H and O–H groups in total. The predicted octanol–water partition coefficient (Wildman–Crippen LogP) is 5.29. The molecule has 5 heteroatoms. The Morgan fingerprint density at radius 1 is 1.04 bits per heavy atom. The zero-order valence-corrected chi connectivity index (χ0v) is 17.3. The summed E-state index contributed by atoms with van der Waals surface area (Å²) in [6.07, 6.45) is 1.00. The Labute approximate surface area is 166 Å². The summed E-state index contributed by atoms with van der Waals surface area (Å²) in [7, 11) is 0. The molecule has 140 valence electrons. The van der Waals surface area contributed by atoms with E-state index in [9.17, 15) is 0 Å². The van der Waals surface area contributed by atoms with Crippen LogP contribution in [-0.2, 0) is 11.8 Å². The van der Waals surface area contributed by atoms with Crippen molar-refractivity contribution in [1.29, 1.82) is 0 Å². The van der Waals surface area contributed by atoms with Crippen LogP contribution in [0.15, 0.2) is 36.4 Å². The molecule has 0 amide bonds. The summed E-state index contributed by atoms with van der Waals surface area (Å²) in [5.41, 5.74) is 8.89. The Balaban J connectivity index is 2.04. The van der Waals surface area contributed by atoms with Gasteiger partial charge in [-0.2, -0.15) is 0 Å². The predicted molar refractivity (Wildman–Crippen MR) is 113 cm³/mol. The molecule has 0 aliphatic heterocycles. The van der Waals surface area contributed by atoms with Crippen molar-refractivity contribution in [2.45, 2.75) is 39.5 Å². The number of hydrogen-bond acceptors (Lipinski definition) is 3. The van der Waals surface area contributed by atoms with Crippen LogP contribution in [0.5, 0.6) is 11.5 Å². The van der Waals surface area contributed by atoms with Gasteiger partial charge in [0, 0.05) is 5.02 Å². The van der Waals surface area contributed by atoms with Gasteiger partial charge in [-0.3, -0.25) is 0 Å². The maximum absolute atomic E-state index is 5.99. The first-order chi connectivity index (χ1) is 12.2. The van der Waals surface area contributed by atoms with Crippen LogP contribution < -0.4 is 15.2 Å². The summed E-state index contributed by atoms with van der Waals surface area (Å²) in [6.45, 7) is 9.53. The maximum Gasteiger partial charge on any atom is 0.129 e. The van der Waals surface area contributed by atoms with Gasteiger partial charge in [-0.05, 0) is 47.2 Å². The van der Waals surface area contributed by atoms with Crippen molar-refractivity contribution in [1.82, 2.24) is 0 Å². The second kappa shape index (κ2) is 8.74. The number of thiocarbonyl (C=S) groups is 1. The largest absolute Gasteiger partial charge is 0.490 e. The highest BCUT2D eigenvalue weighted by Gasteiger charge is 2.19. The molecule has 0 saturated carbocycles. The fourth-order valence-corrected chi connectivity index (χ4v) is 2.96. The molecule has 0 heterocycles. The van der Waals surface area contributed by atoms with Gasteiger partial charge in [0.2, 0.25) is 0 Å². The van der Waals surface area contributed by atoms with Crippen LogP contribution in [0, 0.1) is 0 Å². The first kappa shape index (κ1) is 20.5. The normalized spacial score (nSPS) is 11.3. The standard InChI is InChI=1S/C21H26ClNO2S/c1-5-14-6-8-19(17(12-14)21(2,3)4)25-11-10-24-18-9-7-15(22)13-16(18)20(23)26/h6-9,12-13H,5,10-11H2,1-4H3,(H2,23,26). The van der Waals surface area contributed by atoms with Crippen molar-refractivity contribution < 1.29 is 9.47 Å². The molecule has 3 nitrogen and oxygen atoms in total. The number of hydrogen-bond donors (Lipinski definition) is 1. The van der Waals surface area contributed by atoms with E-state index in [2.05, 4.69) is 39.8 Å². The summed E-state index contributed by atoms with van der Waals surface area (Å²) >= 11 is 11.0. The SMILES string of the molecule is CCc1ccc(OCCOc2ccc(Cl)cc2C(N)=S)c(C(C)(C)C)c1. The third-order valence-corrected chi connectivity index (χ3v) is 4.52. The Kier molecular flexibility index (Phi) is 6.90. The number of aryl methyl sites for hydroxylation is 1. The summed E-state index contributed by atoms with van der Waals surface area (Å²) in [5, 5.41) is 0.572. The number of halogens is 1. The molecular formula is C21H26ClNO2S. The van der Waals surface area contributed by atoms with Crippen LogP contribution in [-0.4, -0.2) is 18.2 Å². The summed E-state index contributed by atoms with van der Waals surface area (Å²) in [5.74, 6) is 1.51. The van der Waals surface area contributed by atoms with E-state index < -0.39 is 0 Å². The molecule has 0 radical (unpaired) electrons. The first-order valence-corrected chi connectivity index (χ1v) is 9.49. The molecule has 26 heavy (non-hydrogen) atoms. The van der Waals surface area contributed by atoms with E-state index in [0.717, 1.165) is 12.2 Å². The smallest absolute Gasteiger partial charge is 0.129 e. The number of ether oxygens (including phenoxy) is 2. The van der Waals surface area contributed by atoms with E-state index in [0.29, 0.717) is 29.5 Å². The van der Waals surface area contributed by atoms with Crippen LogP contribution in [0.3, 0.4) is 0 Å². The summed E-state index contributed by atoms with van der Waals surface area (Å²) < 4.78 is 11.8. The van der Waals surface area contributed by atoms with E-state index in [-0.39, 0.29) is 10.4 Å². The zero-order chi connectivity index (χ0) is 19.3. The van der Waals surface area contributed by atoms with Crippen molar-refractivity contribution in [3.05, 3.63) is 58.1 Å². The first-order valence-electron chi connectivity index (χ1n) is 8.70. The van der Waals surface area contributed by atoms with Crippen molar-refractivity contribution >= 4 is 28.8 Å². The lowest BCUT2D eigenvalue weighted by Crippen LogP contribution is -2.17. The lowest BCUT2D eigenvalue weighted by molar-refractivity contribution is 0.214. The van der Waals surface area contributed by atoms with Crippen LogP contribution in [0.4, 0.5) is 0 Å². The van der Waals surface area contributed by atoms with E-state index in [1.54, 1.807) is 18.2 Å². The van der Waals surface area contributed by atoms with Crippen molar-refractivity contribution in [3.63, 3.8) is 0 Å². The minimum Gasteiger partial charge on any atom is -0.490 e. The van der Waals surface area contributed by atoms with Gasteiger partial charge in [-0.15, -0.1) is 0 Å². The summed E-state index contributed by atoms with van der Waals surface area (Å²) in [4.78, 5) is 0.258. The highest BCUT2D eigenvalue weighted by Crippen LogP contribution is 2.32. The molecule has 0 atom stereocenters. The Hall–Kier alpha value is -1.78. The molecule has 0 fully saturated rings. The Bertz CT molecular complexity index is 784. The molecule has 2 rings (SSSR count). The number of rotatable bonds is 7. The molecule has 0 aliphatic carbocycles. The molecule has 0 saturated heterocycles. The quantitative estimate of drug-likeness (QED) is 0.514. The highest BCUT2D eigenvalue weighted by molar-refractivity contribution is 7.80. The maximum atomic E-state index is 5.99. The fourth-order valence-electron chi connectivity index (χ4n) is 2.63. The lowest BCUT2D eigenvalue weighted by Gasteiger charge is -2.24. The van der Waals surface area contributed by atoms with E-state index in [1.165, 1.54) is 11.1 Å². The third-order valence-electron chi connectivity index (χ3n) is 4.07. The molecule has 0 aromatic heterocycles. The minimum absolute atomic E-state index is 0.0104. The van der Waals surface area contributed by atoms with Gasteiger partial charge in [0.05, 0.1) is 5.56 Å². The van der Waals surface area contributed by atoms with Gasteiger partial charge in [-0.25, -0.2) is 0 Å². The molecular weight excluding hydrogens is 366 g/mol. The number of benzene rings is 2. The van der Waals surface area contributed by atoms with Gasteiger partial charge < -0.3 is 15.2 Å². The Morgan fingerprint density at radius 2 is 1.65 bits per heavy atom. The monoisotopic (exact) mass is 391 g/mol. The topological polar surface area (TPSA) is 44.5 Å². The average molecular weight is 392 g/mol. The molecule has 2 aromatic carbocycles. The van der Waals surface area contributed by atoms with Gasteiger partial charge in [0.1, 0.15) is 29.7 Å². The second-order valence-corrected chi connectivity index (χ2v) is 8.01.